The van der Waals surface area contributed by atoms with Crippen molar-refractivity contribution in [2.75, 3.05) is 12.8 Å². The second-order valence-electron chi connectivity index (χ2n) is 6.69. The van der Waals surface area contributed by atoms with Crippen molar-refractivity contribution < 1.29 is 0 Å². The van der Waals surface area contributed by atoms with Gasteiger partial charge in [0, 0.05) is 11.4 Å². The van der Waals surface area contributed by atoms with Crippen LogP contribution in [-0.2, 0) is 13.0 Å². The van der Waals surface area contributed by atoms with Crippen LogP contribution < -0.4 is 5.73 Å². The summed E-state index contributed by atoms with van der Waals surface area (Å²) in [6.07, 6.45) is 1.07. The molecule has 0 saturated heterocycles. The zero-order valence-corrected chi connectivity index (χ0v) is 16.4. The maximum absolute atomic E-state index is 6.23. The first kappa shape index (κ1) is 17.8. The monoisotopic (exact) mass is 354 g/mol. The molecule has 0 saturated carbocycles. The van der Waals surface area contributed by atoms with Crippen LogP contribution in [0.4, 0.5) is 5.82 Å². The van der Waals surface area contributed by atoms with Crippen molar-refractivity contribution in [3.63, 3.8) is 0 Å². The number of fused-ring (bicyclic) bond motifs is 1. The minimum Gasteiger partial charge on any atom is -0.383 e. The number of aryl methyl sites for hydroxylation is 3. The number of thiophene rings is 1. The second kappa shape index (κ2) is 7.10. The van der Waals surface area contributed by atoms with Gasteiger partial charge in [0.25, 0.3) is 0 Å². The van der Waals surface area contributed by atoms with E-state index in [1.54, 1.807) is 11.3 Å². The van der Waals surface area contributed by atoms with Gasteiger partial charge in [0.2, 0.25) is 0 Å². The fraction of sp³-hybridized carbons (Fsp3) is 0.400. The summed E-state index contributed by atoms with van der Waals surface area (Å²) < 4.78 is 0. The zero-order chi connectivity index (χ0) is 18.1. The van der Waals surface area contributed by atoms with Gasteiger partial charge in [-0.1, -0.05) is 31.2 Å². The lowest BCUT2D eigenvalue weighted by Crippen LogP contribution is -2.24. The summed E-state index contributed by atoms with van der Waals surface area (Å²) in [5.74, 6) is 1.38. The molecule has 0 aliphatic rings. The number of nitrogens with zero attached hydrogens (tertiary/aromatic N) is 3. The number of hydrogen-bond donors (Lipinski definition) is 1. The molecule has 0 aliphatic heterocycles. The van der Waals surface area contributed by atoms with E-state index in [4.69, 9.17) is 10.7 Å². The first-order valence-electron chi connectivity index (χ1n) is 8.71. The number of benzene rings is 1. The standard InChI is InChI=1S/C20H26N4S/c1-6-15-7-9-16(10-8-15)11-24(5)13(3)19-22-18(21)17-12(2)14(4)25-20(17)23-19/h7-10,13H,6,11H2,1-5H3,(H2,21,22,23)/t13-/m1/s1. The quantitative estimate of drug-likeness (QED) is 0.725. The molecule has 0 radical (unpaired) electrons. The Balaban J connectivity index is 1.83. The van der Waals surface area contributed by atoms with E-state index >= 15 is 0 Å². The van der Waals surface area contributed by atoms with E-state index < -0.39 is 0 Å². The smallest absolute Gasteiger partial charge is 0.149 e. The Morgan fingerprint density at radius 1 is 1.12 bits per heavy atom. The molecular formula is C20H26N4S. The Morgan fingerprint density at radius 2 is 1.76 bits per heavy atom. The summed E-state index contributed by atoms with van der Waals surface area (Å²) in [6.45, 7) is 9.36. The molecule has 0 aliphatic carbocycles. The van der Waals surface area contributed by atoms with E-state index in [1.807, 2.05) is 0 Å². The van der Waals surface area contributed by atoms with Crippen LogP contribution in [0, 0.1) is 13.8 Å². The predicted octanol–water partition coefficient (Wildman–Crippen LogP) is 4.65. The van der Waals surface area contributed by atoms with E-state index in [2.05, 4.69) is 68.9 Å². The third-order valence-electron chi connectivity index (χ3n) is 4.97. The molecule has 1 atom stereocenters. The summed E-state index contributed by atoms with van der Waals surface area (Å²) in [6, 6.07) is 8.90. The van der Waals surface area contributed by atoms with E-state index in [0.29, 0.717) is 5.82 Å². The zero-order valence-electron chi connectivity index (χ0n) is 15.6. The lowest BCUT2D eigenvalue weighted by atomic mass is 10.1. The highest BCUT2D eigenvalue weighted by molar-refractivity contribution is 7.18. The Labute approximate surface area is 153 Å². The number of anilines is 1. The summed E-state index contributed by atoms with van der Waals surface area (Å²) in [5.41, 5.74) is 10.1. The highest BCUT2D eigenvalue weighted by atomic mass is 32.1. The maximum Gasteiger partial charge on any atom is 0.149 e. The summed E-state index contributed by atoms with van der Waals surface area (Å²) in [5, 5.41) is 1.01. The molecule has 0 fully saturated rings. The van der Waals surface area contributed by atoms with Gasteiger partial charge in [-0.15, -0.1) is 11.3 Å². The first-order valence-corrected chi connectivity index (χ1v) is 9.53. The molecule has 2 heterocycles. The molecule has 132 valence electrons. The van der Waals surface area contributed by atoms with Gasteiger partial charge in [-0.25, -0.2) is 9.97 Å². The molecule has 0 unspecified atom stereocenters. The van der Waals surface area contributed by atoms with Gasteiger partial charge < -0.3 is 5.73 Å². The minimum atomic E-state index is 0.0975. The van der Waals surface area contributed by atoms with Gasteiger partial charge in [0.15, 0.2) is 0 Å². The van der Waals surface area contributed by atoms with Gasteiger partial charge in [-0.3, -0.25) is 4.90 Å². The normalized spacial score (nSPS) is 12.9. The lowest BCUT2D eigenvalue weighted by Gasteiger charge is -2.24. The van der Waals surface area contributed by atoms with Crippen molar-refractivity contribution in [3.05, 3.63) is 51.7 Å². The molecule has 0 amide bonds. The molecule has 1 aromatic carbocycles. The number of rotatable bonds is 5. The lowest BCUT2D eigenvalue weighted by molar-refractivity contribution is 0.244. The van der Waals surface area contributed by atoms with Crippen molar-refractivity contribution in [1.29, 1.82) is 0 Å². The largest absolute Gasteiger partial charge is 0.383 e. The van der Waals surface area contributed by atoms with Crippen LogP contribution in [0.5, 0.6) is 0 Å². The number of nitrogens with two attached hydrogens (primary N) is 1. The van der Waals surface area contributed by atoms with Crippen LogP contribution >= 0.6 is 11.3 Å². The maximum atomic E-state index is 6.23. The average Bonchev–Trinajstić information content (AvgIpc) is 2.89. The number of nitrogen functional groups attached to an aromatic ring is 1. The van der Waals surface area contributed by atoms with Crippen LogP contribution in [0.1, 0.15) is 47.3 Å². The van der Waals surface area contributed by atoms with Crippen LogP contribution in [0.3, 0.4) is 0 Å². The molecule has 4 nitrogen and oxygen atoms in total. The average molecular weight is 355 g/mol. The second-order valence-corrected chi connectivity index (χ2v) is 7.89. The fourth-order valence-electron chi connectivity index (χ4n) is 2.99. The van der Waals surface area contributed by atoms with Crippen molar-refractivity contribution in [2.24, 2.45) is 0 Å². The van der Waals surface area contributed by atoms with Gasteiger partial charge in [0.1, 0.15) is 16.5 Å². The van der Waals surface area contributed by atoms with E-state index in [0.717, 1.165) is 29.0 Å². The Kier molecular flexibility index (Phi) is 5.06. The van der Waals surface area contributed by atoms with E-state index in [-0.39, 0.29) is 6.04 Å². The summed E-state index contributed by atoms with van der Waals surface area (Å²) in [4.78, 5) is 13.9. The van der Waals surface area contributed by atoms with Gasteiger partial charge >= 0.3 is 0 Å². The van der Waals surface area contributed by atoms with Crippen molar-refractivity contribution in [1.82, 2.24) is 14.9 Å². The molecule has 2 N–H and O–H groups in total. The SMILES string of the molecule is CCc1ccc(CN(C)[C@H](C)c2nc(N)c3c(C)c(C)sc3n2)cc1. The molecule has 25 heavy (non-hydrogen) atoms. The molecular weight excluding hydrogens is 328 g/mol. The van der Waals surface area contributed by atoms with Crippen molar-refractivity contribution in [2.45, 2.75) is 46.7 Å². The Bertz CT molecular complexity index is 883. The summed E-state index contributed by atoms with van der Waals surface area (Å²) >= 11 is 1.69. The van der Waals surface area contributed by atoms with E-state index in [9.17, 15) is 0 Å². The molecule has 3 aromatic rings. The molecule has 3 rings (SSSR count). The Hall–Kier alpha value is -1.98. The fourth-order valence-corrected chi connectivity index (χ4v) is 4.03. The Morgan fingerprint density at radius 3 is 2.40 bits per heavy atom. The first-order chi connectivity index (χ1) is 11.9. The number of hydrogen-bond acceptors (Lipinski definition) is 5. The van der Waals surface area contributed by atoms with Crippen molar-refractivity contribution in [3.8, 4) is 0 Å². The minimum absolute atomic E-state index is 0.0975. The summed E-state index contributed by atoms with van der Waals surface area (Å²) in [7, 11) is 2.10. The highest BCUT2D eigenvalue weighted by Crippen LogP contribution is 2.33. The van der Waals surface area contributed by atoms with Gasteiger partial charge in [-0.05, 0) is 50.9 Å². The van der Waals surface area contributed by atoms with Crippen LogP contribution in [0.2, 0.25) is 0 Å². The van der Waals surface area contributed by atoms with Gasteiger partial charge in [0.05, 0.1) is 11.4 Å². The van der Waals surface area contributed by atoms with Crippen molar-refractivity contribution >= 4 is 27.4 Å². The molecule has 2 aromatic heterocycles. The predicted molar refractivity (Wildman–Crippen MR) is 107 cm³/mol. The molecule has 0 spiro atoms. The van der Waals surface area contributed by atoms with Crippen LogP contribution in [-0.4, -0.2) is 21.9 Å². The van der Waals surface area contributed by atoms with Crippen LogP contribution in [0.25, 0.3) is 10.2 Å². The molecule has 5 heteroatoms. The van der Waals surface area contributed by atoms with Gasteiger partial charge in [-0.2, -0.15) is 0 Å². The topological polar surface area (TPSA) is 55.0 Å². The third kappa shape index (κ3) is 3.53. The number of aromatic nitrogens is 2. The highest BCUT2D eigenvalue weighted by Gasteiger charge is 2.19. The third-order valence-corrected chi connectivity index (χ3v) is 6.07. The van der Waals surface area contributed by atoms with Crippen LogP contribution in [0.15, 0.2) is 24.3 Å². The van der Waals surface area contributed by atoms with E-state index in [1.165, 1.54) is 21.6 Å². The molecule has 0 bridgehead atoms.